The summed E-state index contributed by atoms with van der Waals surface area (Å²) in [6, 6.07) is 8.33. The highest BCUT2D eigenvalue weighted by molar-refractivity contribution is 7.19. The minimum atomic E-state index is 0.423. The van der Waals surface area contributed by atoms with Crippen LogP contribution in [0.15, 0.2) is 24.3 Å². The van der Waals surface area contributed by atoms with E-state index in [1.54, 1.807) is 18.4 Å². The lowest BCUT2D eigenvalue weighted by atomic mass is 10.1. The van der Waals surface area contributed by atoms with E-state index < -0.39 is 0 Å². The second kappa shape index (κ2) is 4.21. The fourth-order valence-corrected chi connectivity index (χ4v) is 2.74. The zero-order valence-corrected chi connectivity index (χ0v) is 9.80. The van der Waals surface area contributed by atoms with Gasteiger partial charge in [0.05, 0.1) is 7.11 Å². The molecule has 0 bridgehead atoms. The van der Waals surface area contributed by atoms with Crippen molar-refractivity contribution in [1.82, 2.24) is 0 Å². The number of thiophene rings is 1. The van der Waals surface area contributed by atoms with Gasteiger partial charge in [-0.1, -0.05) is 13.0 Å². The first-order valence-electron chi connectivity index (χ1n) is 5.02. The molecule has 0 amide bonds. The quantitative estimate of drug-likeness (QED) is 0.864. The van der Waals surface area contributed by atoms with E-state index in [2.05, 4.69) is 19.1 Å². The van der Waals surface area contributed by atoms with E-state index in [4.69, 9.17) is 10.5 Å². The molecule has 1 atom stereocenters. The molecule has 2 N–H and O–H groups in total. The molecule has 80 valence electrons. The minimum absolute atomic E-state index is 0.423. The van der Waals surface area contributed by atoms with Gasteiger partial charge in [0.1, 0.15) is 5.75 Å². The fraction of sp³-hybridized carbons (Fsp3) is 0.333. The van der Waals surface area contributed by atoms with Gasteiger partial charge >= 0.3 is 0 Å². The molecule has 2 rings (SSSR count). The van der Waals surface area contributed by atoms with Crippen molar-refractivity contribution in [3.63, 3.8) is 0 Å². The highest BCUT2D eigenvalue weighted by atomic mass is 32.1. The first-order chi connectivity index (χ1) is 7.26. The Hall–Kier alpha value is -1.06. The van der Waals surface area contributed by atoms with Gasteiger partial charge in [0.2, 0.25) is 0 Å². The van der Waals surface area contributed by atoms with Crippen molar-refractivity contribution in [2.24, 2.45) is 5.73 Å². The number of fused-ring (bicyclic) bond motifs is 1. The lowest BCUT2D eigenvalue weighted by Crippen LogP contribution is -2.06. The zero-order valence-electron chi connectivity index (χ0n) is 8.99. The smallest absolute Gasteiger partial charge is 0.127 e. The molecule has 1 aromatic carbocycles. The Labute approximate surface area is 93.7 Å². The maximum atomic E-state index is 5.67. The SMILES string of the molecule is COc1cccc2sc(C(C)CN)cc12. The summed E-state index contributed by atoms with van der Waals surface area (Å²) >= 11 is 1.80. The molecule has 0 radical (unpaired) electrons. The van der Waals surface area contributed by atoms with Crippen LogP contribution in [0.25, 0.3) is 10.1 Å². The predicted octanol–water partition coefficient (Wildman–Crippen LogP) is 2.97. The van der Waals surface area contributed by atoms with Crippen LogP contribution in [0.5, 0.6) is 5.75 Å². The maximum Gasteiger partial charge on any atom is 0.127 e. The molecule has 2 nitrogen and oxygen atoms in total. The van der Waals surface area contributed by atoms with E-state index in [1.165, 1.54) is 15.0 Å². The van der Waals surface area contributed by atoms with Gasteiger partial charge in [0, 0.05) is 20.9 Å². The van der Waals surface area contributed by atoms with Crippen molar-refractivity contribution in [3.05, 3.63) is 29.1 Å². The lowest BCUT2D eigenvalue weighted by Gasteiger charge is -2.02. The molecule has 3 heteroatoms. The summed E-state index contributed by atoms with van der Waals surface area (Å²) in [4.78, 5) is 1.33. The van der Waals surface area contributed by atoms with Crippen LogP contribution in [0.3, 0.4) is 0 Å². The highest BCUT2D eigenvalue weighted by Gasteiger charge is 2.10. The van der Waals surface area contributed by atoms with Crippen LogP contribution in [0.2, 0.25) is 0 Å². The van der Waals surface area contributed by atoms with Crippen LogP contribution < -0.4 is 10.5 Å². The monoisotopic (exact) mass is 221 g/mol. The molecule has 15 heavy (non-hydrogen) atoms. The van der Waals surface area contributed by atoms with Crippen LogP contribution in [0, 0.1) is 0 Å². The first-order valence-corrected chi connectivity index (χ1v) is 5.84. The van der Waals surface area contributed by atoms with Crippen molar-refractivity contribution in [2.45, 2.75) is 12.8 Å². The zero-order chi connectivity index (χ0) is 10.8. The molecule has 0 saturated heterocycles. The van der Waals surface area contributed by atoms with Crippen molar-refractivity contribution in [2.75, 3.05) is 13.7 Å². The average Bonchev–Trinajstić information content (AvgIpc) is 2.71. The Morgan fingerprint density at radius 2 is 2.27 bits per heavy atom. The average molecular weight is 221 g/mol. The molecule has 0 fully saturated rings. The maximum absolute atomic E-state index is 5.67. The van der Waals surface area contributed by atoms with E-state index in [1.807, 2.05) is 12.1 Å². The number of hydrogen-bond donors (Lipinski definition) is 1. The van der Waals surface area contributed by atoms with E-state index in [9.17, 15) is 0 Å². The van der Waals surface area contributed by atoms with E-state index in [0.717, 1.165) is 5.75 Å². The third-order valence-corrected chi connectivity index (χ3v) is 3.93. The number of ether oxygens (including phenoxy) is 1. The van der Waals surface area contributed by atoms with Crippen LogP contribution in [0.4, 0.5) is 0 Å². The number of nitrogens with two attached hydrogens (primary N) is 1. The molecule has 2 aromatic rings. The second-order valence-electron chi connectivity index (χ2n) is 3.66. The summed E-state index contributed by atoms with van der Waals surface area (Å²) in [5.74, 6) is 1.37. The highest BCUT2D eigenvalue weighted by Crippen LogP contribution is 2.35. The molecule has 1 heterocycles. The second-order valence-corrected chi connectivity index (χ2v) is 4.77. The Morgan fingerprint density at radius 3 is 2.93 bits per heavy atom. The third-order valence-electron chi connectivity index (χ3n) is 2.60. The van der Waals surface area contributed by atoms with Gasteiger partial charge in [0.15, 0.2) is 0 Å². The Morgan fingerprint density at radius 1 is 1.47 bits per heavy atom. The normalized spacial score (nSPS) is 13.0. The Kier molecular flexibility index (Phi) is 2.93. The number of benzene rings is 1. The van der Waals surface area contributed by atoms with E-state index in [-0.39, 0.29) is 0 Å². The standard InChI is InChI=1S/C12H15NOS/c1-8(7-13)12-6-9-10(14-2)4-3-5-11(9)15-12/h3-6,8H,7,13H2,1-2H3. The number of hydrogen-bond acceptors (Lipinski definition) is 3. The summed E-state index contributed by atoms with van der Waals surface area (Å²) in [5, 5.41) is 1.19. The number of rotatable bonds is 3. The van der Waals surface area contributed by atoms with Gasteiger partial charge in [-0.2, -0.15) is 0 Å². The van der Waals surface area contributed by atoms with Crippen molar-refractivity contribution in [3.8, 4) is 5.75 Å². The molecular formula is C12H15NOS. The Balaban J connectivity index is 2.55. The molecule has 0 aliphatic rings. The molecule has 0 spiro atoms. The topological polar surface area (TPSA) is 35.2 Å². The molecule has 0 aliphatic heterocycles. The van der Waals surface area contributed by atoms with Gasteiger partial charge in [0.25, 0.3) is 0 Å². The molecular weight excluding hydrogens is 206 g/mol. The summed E-state index contributed by atoms with van der Waals surface area (Å²) in [7, 11) is 1.71. The van der Waals surface area contributed by atoms with Crippen LogP contribution in [-0.2, 0) is 0 Å². The predicted molar refractivity (Wildman–Crippen MR) is 65.8 cm³/mol. The van der Waals surface area contributed by atoms with Crippen molar-refractivity contribution >= 4 is 21.4 Å². The van der Waals surface area contributed by atoms with Gasteiger partial charge < -0.3 is 10.5 Å². The lowest BCUT2D eigenvalue weighted by molar-refractivity contribution is 0.420. The first kappa shape index (κ1) is 10.5. The molecule has 1 unspecified atom stereocenters. The van der Waals surface area contributed by atoms with Crippen molar-refractivity contribution in [1.29, 1.82) is 0 Å². The summed E-state index contributed by atoms with van der Waals surface area (Å²) in [6.45, 7) is 2.84. The summed E-state index contributed by atoms with van der Waals surface area (Å²) < 4.78 is 6.60. The van der Waals surface area contributed by atoms with Crippen LogP contribution in [0.1, 0.15) is 17.7 Å². The van der Waals surface area contributed by atoms with Crippen LogP contribution in [-0.4, -0.2) is 13.7 Å². The number of methoxy groups -OCH3 is 1. The summed E-state index contributed by atoms with van der Waals surface area (Å²) in [6.07, 6.45) is 0. The van der Waals surface area contributed by atoms with Crippen molar-refractivity contribution < 1.29 is 4.74 Å². The van der Waals surface area contributed by atoms with Gasteiger partial charge in [-0.3, -0.25) is 0 Å². The van der Waals surface area contributed by atoms with E-state index in [0.29, 0.717) is 12.5 Å². The fourth-order valence-electron chi connectivity index (χ4n) is 1.59. The third kappa shape index (κ3) is 1.85. The van der Waals surface area contributed by atoms with E-state index >= 15 is 0 Å². The van der Waals surface area contributed by atoms with Gasteiger partial charge in [-0.05, 0) is 24.7 Å². The minimum Gasteiger partial charge on any atom is -0.496 e. The van der Waals surface area contributed by atoms with Gasteiger partial charge in [-0.25, -0.2) is 0 Å². The Bertz CT molecular complexity index is 464. The molecule has 0 saturated carbocycles. The molecule has 0 aliphatic carbocycles. The summed E-state index contributed by atoms with van der Waals surface area (Å²) in [5.41, 5.74) is 5.67. The van der Waals surface area contributed by atoms with Crippen LogP contribution >= 0.6 is 11.3 Å². The van der Waals surface area contributed by atoms with Gasteiger partial charge in [-0.15, -0.1) is 11.3 Å². The largest absolute Gasteiger partial charge is 0.496 e. The molecule has 1 aromatic heterocycles.